The minimum Gasteiger partial charge on any atom is -0.385 e. The van der Waals surface area contributed by atoms with Crippen molar-refractivity contribution in [3.8, 4) is 0 Å². The van der Waals surface area contributed by atoms with E-state index in [0.717, 1.165) is 32.7 Å². The van der Waals surface area contributed by atoms with Gasteiger partial charge in [0.2, 0.25) is 0 Å². The molecule has 0 aliphatic heterocycles. The van der Waals surface area contributed by atoms with Gasteiger partial charge in [-0.05, 0) is 13.0 Å². The molecule has 3 heteroatoms. The number of rotatable bonds is 8. The van der Waals surface area contributed by atoms with E-state index < -0.39 is 0 Å². The van der Waals surface area contributed by atoms with E-state index >= 15 is 0 Å². The normalized spacial score (nSPS) is 13.2. The Bertz CT molecular complexity index is 128. The Balaban J connectivity index is 3.58. The van der Waals surface area contributed by atoms with Crippen LogP contribution in [0.25, 0.3) is 0 Å². The monoisotopic (exact) mass is 186 g/mol. The van der Waals surface area contributed by atoms with Crippen LogP contribution in [0.4, 0.5) is 0 Å². The Hall–Kier alpha value is -0.380. The molecule has 0 amide bonds. The molecular formula is C10H22N2O. The maximum atomic E-state index is 5.91. The molecule has 0 aliphatic rings. The van der Waals surface area contributed by atoms with Crippen molar-refractivity contribution in [2.75, 3.05) is 33.4 Å². The highest BCUT2D eigenvalue weighted by atomic mass is 16.5. The molecule has 1 unspecified atom stereocenters. The first kappa shape index (κ1) is 12.6. The van der Waals surface area contributed by atoms with Crippen molar-refractivity contribution in [2.45, 2.75) is 19.4 Å². The molecule has 0 saturated heterocycles. The minimum absolute atomic E-state index is 0.208. The highest BCUT2D eigenvalue weighted by Gasteiger charge is 2.06. The summed E-state index contributed by atoms with van der Waals surface area (Å²) in [4.78, 5) is 2.27. The molecule has 0 saturated carbocycles. The molecule has 0 fully saturated rings. The van der Waals surface area contributed by atoms with Crippen LogP contribution in [0, 0.1) is 0 Å². The van der Waals surface area contributed by atoms with Crippen LogP contribution in [0.15, 0.2) is 12.7 Å². The highest BCUT2D eigenvalue weighted by molar-refractivity contribution is 4.75. The SMILES string of the molecule is C=CCN(CC)CC(N)CCOC. The number of hydrogen-bond acceptors (Lipinski definition) is 3. The molecule has 0 bridgehead atoms. The average molecular weight is 186 g/mol. The van der Waals surface area contributed by atoms with Gasteiger partial charge in [-0.25, -0.2) is 0 Å². The van der Waals surface area contributed by atoms with Crippen LogP contribution < -0.4 is 5.73 Å². The molecule has 3 nitrogen and oxygen atoms in total. The van der Waals surface area contributed by atoms with Gasteiger partial charge in [-0.2, -0.15) is 0 Å². The highest BCUT2D eigenvalue weighted by Crippen LogP contribution is 1.95. The summed E-state index contributed by atoms with van der Waals surface area (Å²) in [5.41, 5.74) is 5.91. The number of methoxy groups -OCH3 is 1. The summed E-state index contributed by atoms with van der Waals surface area (Å²) < 4.78 is 4.97. The standard InChI is InChI=1S/C10H22N2O/c1-4-7-12(5-2)9-10(11)6-8-13-3/h4,10H,1,5-9,11H2,2-3H3. The van der Waals surface area contributed by atoms with Gasteiger partial charge in [-0.15, -0.1) is 6.58 Å². The summed E-state index contributed by atoms with van der Waals surface area (Å²) in [5.74, 6) is 0. The second kappa shape index (κ2) is 8.23. The number of likely N-dealkylation sites (N-methyl/N-ethyl adjacent to an activating group) is 1. The van der Waals surface area contributed by atoms with E-state index in [2.05, 4.69) is 18.4 Å². The summed E-state index contributed by atoms with van der Waals surface area (Å²) in [6.07, 6.45) is 2.83. The van der Waals surface area contributed by atoms with Crippen LogP contribution in [0.1, 0.15) is 13.3 Å². The van der Waals surface area contributed by atoms with Crippen LogP contribution in [0.5, 0.6) is 0 Å². The van der Waals surface area contributed by atoms with Gasteiger partial charge in [0.15, 0.2) is 0 Å². The van der Waals surface area contributed by atoms with Crippen molar-refractivity contribution >= 4 is 0 Å². The molecule has 0 aromatic carbocycles. The fraction of sp³-hybridized carbons (Fsp3) is 0.800. The second-order valence-electron chi connectivity index (χ2n) is 3.18. The zero-order chi connectivity index (χ0) is 10.1. The lowest BCUT2D eigenvalue weighted by Gasteiger charge is -2.22. The van der Waals surface area contributed by atoms with E-state index in [0.29, 0.717) is 0 Å². The maximum absolute atomic E-state index is 5.91. The van der Waals surface area contributed by atoms with Crippen LogP contribution in [0.2, 0.25) is 0 Å². The van der Waals surface area contributed by atoms with Crippen LogP contribution >= 0.6 is 0 Å². The van der Waals surface area contributed by atoms with Gasteiger partial charge >= 0.3 is 0 Å². The minimum atomic E-state index is 0.208. The lowest BCUT2D eigenvalue weighted by molar-refractivity contribution is 0.178. The van der Waals surface area contributed by atoms with E-state index in [1.165, 1.54) is 0 Å². The number of nitrogens with two attached hydrogens (primary N) is 1. The van der Waals surface area contributed by atoms with E-state index in [1.807, 2.05) is 6.08 Å². The summed E-state index contributed by atoms with van der Waals surface area (Å²) in [5, 5.41) is 0. The van der Waals surface area contributed by atoms with Gasteiger partial charge in [0.25, 0.3) is 0 Å². The van der Waals surface area contributed by atoms with Gasteiger partial charge in [0.05, 0.1) is 0 Å². The van der Waals surface area contributed by atoms with Gasteiger partial charge in [0, 0.05) is 32.8 Å². The molecule has 0 heterocycles. The predicted octanol–water partition coefficient (Wildman–Crippen LogP) is 0.858. The topological polar surface area (TPSA) is 38.5 Å². The van der Waals surface area contributed by atoms with Crippen molar-refractivity contribution in [2.24, 2.45) is 5.73 Å². The molecule has 0 aliphatic carbocycles. The Morgan fingerprint density at radius 2 is 2.31 bits per heavy atom. The van der Waals surface area contributed by atoms with Crippen molar-refractivity contribution in [3.63, 3.8) is 0 Å². The van der Waals surface area contributed by atoms with Gasteiger partial charge in [-0.3, -0.25) is 4.90 Å². The van der Waals surface area contributed by atoms with Crippen LogP contribution in [-0.4, -0.2) is 44.3 Å². The fourth-order valence-corrected chi connectivity index (χ4v) is 1.21. The third kappa shape index (κ3) is 6.75. The maximum Gasteiger partial charge on any atom is 0.0477 e. The number of ether oxygens (including phenoxy) is 1. The number of hydrogen-bond donors (Lipinski definition) is 1. The molecular weight excluding hydrogens is 164 g/mol. The second-order valence-corrected chi connectivity index (χ2v) is 3.18. The predicted molar refractivity (Wildman–Crippen MR) is 56.8 cm³/mol. The fourth-order valence-electron chi connectivity index (χ4n) is 1.21. The Kier molecular flexibility index (Phi) is 7.99. The van der Waals surface area contributed by atoms with Crippen LogP contribution in [-0.2, 0) is 4.74 Å². The molecule has 0 spiro atoms. The Morgan fingerprint density at radius 3 is 2.77 bits per heavy atom. The molecule has 0 rings (SSSR count). The molecule has 13 heavy (non-hydrogen) atoms. The first-order valence-corrected chi connectivity index (χ1v) is 4.82. The average Bonchev–Trinajstić information content (AvgIpc) is 2.14. The lowest BCUT2D eigenvalue weighted by Crippen LogP contribution is -2.38. The van der Waals surface area contributed by atoms with Gasteiger partial charge < -0.3 is 10.5 Å². The number of nitrogens with zero attached hydrogens (tertiary/aromatic N) is 1. The van der Waals surface area contributed by atoms with E-state index in [1.54, 1.807) is 7.11 Å². The molecule has 0 radical (unpaired) electrons. The third-order valence-corrected chi connectivity index (χ3v) is 2.02. The van der Waals surface area contributed by atoms with E-state index in [4.69, 9.17) is 10.5 Å². The van der Waals surface area contributed by atoms with Crippen molar-refractivity contribution in [1.29, 1.82) is 0 Å². The van der Waals surface area contributed by atoms with Gasteiger partial charge in [-0.1, -0.05) is 13.0 Å². The van der Waals surface area contributed by atoms with Crippen molar-refractivity contribution in [1.82, 2.24) is 4.90 Å². The summed E-state index contributed by atoms with van der Waals surface area (Å²) in [7, 11) is 1.70. The Morgan fingerprint density at radius 1 is 1.62 bits per heavy atom. The summed E-state index contributed by atoms with van der Waals surface area (Å²) in [6, 6.07) is 0.208. The molecule has 1 atom stereocenters. The van der Waals surface area contributed by atoms with Crippen molar-refractivity contribution < 1.29 is 4.74 Å². The first-order valence-electron chi connectivity index (χ1n) is 4.82. The lowest BCUT2D eigenvalue weighted by atomic mass is 10.2. The van der Waals surface area contributed by atoms with Crippen molar-refractivity contribution in [3.05, 3.63) is 12.7 Å². The molecule has 0 aromatic rings. The third-order valence-electron chi connectivity index (χ3n) is 2.02. The zero-order valence-corrected chi connectivity index (χ0v) is 8.83. The first-order chi connectivity index (χ1) is 6.24. The zero-order valence-electron chi connectivity index (χ0n) is 8.83. The van der Waals surface area contributed by atoms with Gasteiger partial charge in [0.1, 0.15) is 0 Å². The van der Waals surface area contributed by atoms with E-state index in [9.17, 15) is 0 Å². The van der Waals surface area contributed by atoms with Crippen LogP contribution in [0.3, 0.4) is 0 Å². The quantitative estimate of drug-likeness (QED) is 0.571. The Labute approximate surface area is 81.5 Å². The van der Waals surface area contributed by atoms with E-state index in [-0.39, 0.29) is 6.04 Å². The summed E-state index contributed by atoms with van der Waals surface area (Å²) in [6.45, 7) is 9.44. The summed E-state index contributed by atoms with van der Waals surface area (Å²) >= 11 is 0. The molecule has 2 N–H and O–H groups in total. The largest absolute Gasteiger partial charge is 0.385 e. The molecule has 0 aromatic heterocycles. The smallest absolute Gasteiger partial charge is 0.0477 e. The molecule has 78 valence electrons.